The predicted octanol–water partition coefficient (Wildman–Crippen LogP) is 3.58. The summed E-state index contributed by atoms with van der Waals surface area (Å²) in [5.74, 6) is -2.35. The molecule has 0 saturated carbocycles. The van der Waals surface area contributed by atoms with Gasteiger partial charge < -0.3 is 5.11 Å². The Balaban J connectivity index is 2.01. The first kappa shape index (κ1) is 16.9. The zero-order chi connectivity index (χ0) is 16.8. The molecule has 1 N–H and O–H groups in total. The van der Waals surface area contributed by atoms with Gasteiger partial charge in [0, 0.05) is 12.8 Å². The van der Waals surface area contributed by atoms with Gasteiger partial charge in [-0.05, 0) is 36.6 Å². The molecule has 0 aliphatic carbocycles. The van der Waals surface area contributed by atoms with Gasteiger partial charge in [-0.1, -0.05) is 42.0 Å². The Bertz CT molecular complexity index is 709. The van der Waals surface area contributed by atoms with Crippen LogP contribution in [0.2, 0.25) is 0 Å². The molecule has 2 rings (SSSR count). The number of hydrogen-bond donors (Lipinski definition) is 1. The highest BCUT2D eigenvalue weighted by molar-refractivity contribution is 5.85. The summed E-state index contributed by atoms with van der Waals surface area (Å²) >= 11 is 0. The lowest BCUT2D eigenvalue weighted by atomic mass is 9.92. The molecule has 0 spiro atoms. The van der Waals surface area contributed by atoms with Gasteiger partial charge in [0.15, 0.2) is 0 Å². The van der Waals surface area contributed by atoms with E-state index >= 15 is 0 Å². The summed E-state index contributed by atoms with van der Waals surface area (Å²) in [6.45, 7) is 1.94. The lowest BCUT2D eigenvalue weighted by Gasteiger charge is -2.12. The average Bonchev–Trinajstić information content (AvgIpc) is 2.46. The number of halogens is 1. The maximum absolute atomic E-state index is 13.1. The molecule has 4 heteroatoms. The molecule has 0 aromatic heterocycles. The van der Waals surface area contributed by atoms with E-state index in [2.05, 4.69) is 0 Å². The number of aliphatic carboxylic acids is 1. The van der Waals surface area contributed by atoms with E-state index in [1.807, 2.05) is 31.2 Å². The van der Waals surface area contributed by atoms with Crippen LogP contribution in [0, 0.1) is 18.7 Å². The molecule has 0 aliphatic rings. The van der Waals surface area contributed by atoms with Crippen LogP contribution in [0.5, 0.6) is 0 Å². The second kappa shape index (κ2) is 7.68. The van der Waals surface area contributed by atoms with E-state index in [9.17, 15) is 19.1 Å². The second-order valence-corrected chi connectivity index (χ2v) is 5.78. The summed E-state index contributed by atoms with van der Waals surface area (Å²) in [5.41, 5.74) is 2.52. The Morgan fingerprint density at radius 1 is 1.09 bits per heavy atom. The van der Waals surface area contributed by atoms with Crippen molar-refractivity contribution in [3.63, 3.8) is 0 Å². The number of carboxylic acid groups (broad SMARTS) is 1. The summed E-state index contributed by atoms with van der Waals surface area (Å²) in [7, 11) is 0. The Morgan fingerprint density at radius 2 is 1.78 bits per heavy atom. The van der Waals surface area contributed by atoms with Crippen molar-refractivity contribution in [1.29, 1.82) is 0 Å². The third-order valence-corrected chi connectivity index (χ3v) is 3.68. The number of carboxylic acids is 1. The van der Waals surface area contributed by atoms with Gasteiger partial charge in [-0.25, -0.2) is 4.39 Å². The maximum atomic E-state index is 13.1. The molecular weight excluding hydrogens is 295 g/mol. The quantitative estimate of drug-likeness (QED) is 0.850. The van der Waals surface area contributed by atoms with Crippen molar-refractivity contribution in [2.45, 2.75) is 26.2 Å². The Labute approximate surface area is 134 Å². The normalized spacial score (nSPS) is 11.9. The SMILES string of the molecule is Cc1cccc(CC(CC(=O)Cc2cccc(F)c2)C(=O)O)c1. The number of aryl methyl sites for hydroxylation is 1. The maximum Gasteiger partial charge on any atom is 0.307 e. The van der Waals surface area contributed by atoms with E-state index in [1.54, 1.807) is 12.1 Å². The van der Waals surface area contributed by atoms with Gasteiger partial charge in [0.25, 0.3) is 0 Å². The van der Waals surface area contributed by atoms with Gasteiger partial charge in [0.2, 0.25) is 0 Å². The van der Waals surface area contributed by atoms with Crippen molar-refractivity contribution in [3.8, 4) is 0 Å². The van der Waals surface area contributed by atoms with Crippen molar-refractivity contribution in [2.75, 3.05) is 0 Å². The minimum Gasteiger partial charge on any atom is -0.481 e. The highest BCUT2D eigenvalue weighted by Gasteiger charge is 2.22. The molecule has 120 valence electrons. The van der Waals surface area contributed by atoms with Gasteiger partial charge in [0.05, 0.1) is 5.92 Å². The number of Topliss-reactive ketones (excluding diaryl/α,β-unsaturated/α-hetero) is 1. The van der Waals surface area contributed by atoms with E-state index in [1.165, 1.54) is 12.1 Å². The second-order valence-electron chi connectivity index (χ2n) is 5.78. The van der Waals surface area contributed by atoms with Gasteiger partial charge in [0.1, 0.15) is 11.6 Å². The topological polar surface area (TPSA) is 54.4 Å². The number of ketones is 1. The van der Waals surface area contributed by atoms with E-state index in [0.717, 1.165) is 11.1 Å². The third kappa shape index (κ3) is 5.33. The summed E-state index contributed by atoms with van der Waals surface area (Å²) in [5, 5.41) is 9.35. The molecule has 0 heterocycles. The van der Waals surface area contributed by atoms with Crippen LogP contribution in [0.25, 0.3) is 0 Å². The number of hydrogen-bond acceptors (Lipinski definition) is 2. The zero-order valence-electron chi connectivity index (χ0n) is 13.0. The van der Waals surface area contributed by atoms with Crippen molar-refractivity contribution in [1.82, 2.24) is 0 Å². The van der Waals surface area contributed by atoms with Gasteiger partial charge in [-0.2, -0.15) is 0 Å². The number of rotatable bonds is 7. The van der Waals surface area contributed by atoms with Crippen molar-refractivity contribution >= 4 is 11.8 Å². The van der Waals surface area contributed by atoms with Crippen LogP contribution >= 0.6 is 0 Å². The molecule has 1 unspecified atom stereocenters. The van der Waals surface area contributed by atoms with Crippen LogP contribution in [0.4, 0.5) is 4.39 Å². The highest BCUT2D eigenvalue weighted by Crippen LogP contribution is 2.16. The Kier molecular flexibility index (Phi) is 5.63. The van der Waals surface area contributed by atoms with Gasteiger partial charge in [-0.3, -0.25) is 9.59 Å². The number of carbonyl (C=O) groups excluding carboxylic acids is 1. The molecule has 0 saturated heterocycles. The molecule has 0 radical (unpaired) electrons. The Morgan fingerprint density at radius 3 is 2.43 bits per heavy atom. The summed E-state index contributed by atoms with van der Waals surface area (Å²) in [4.78, 5) is 23.5. The molecule has 1 atom stereocenters. The molecule has 2 aromatic carbocycles. The molecule has 23 heavy (non-hydrogen) atoms. The standard InChI is InChI=1S/C19H19FO3/c1-13-4-2-5-14(8-13)9-16(19(22)23)12-18(21)11-15-6-3-7-17(20)10-15/h2-8,10,16H,9,11-12H2,1H3,(H,22,23). The zero-order valence-corrected chi connectivity index (χ0v) is 13.0. The van der Waals surface area contributed by atoms with E-state index in [-0.39, 0.29) is 18.6 Å². The van der Waals surface area contributed by atoms with Crippen molar-refractivity contribution in [2.24, 2.45) is 5.92 Å². The average molecular weight is 314 g/mol. The lowest BCUT2D eigenvalue weighted by molar-refractivity contribution is -0.143. The first-order valence-electron chi connectivity index (χ1n) is 7.48. The van der Waals surface area contributed by atoms with Crippen LogP contribution in [0.3, 0.4) is 0 Å². The minimum atomic E-state index is -0.987. The van der Waals surface area contributed by atoms with Gasteiger partial charge in [-0.15, -0.1) is 0 Å². The predicted molar refractivity (Wildman–Crippen MR) is 85.7 cm³/mol. The van der Waals surface area contributed by atoms with Crippen LogP contribution in [-0.4, -0.2) is 16.9 Å². The fraction of sp³-hybridized carbons (Fsp3) is 0.263. The fourth-order valence-corrected chi connectivity index (χ4v) is 2.59. The molecular formula is C19H19FO3. The van der Waals surface area contributed by atoms with E-state index in [4.69, 9.17) is 0 Å². The van der Waals surface area contributed by atoms with Crippen LogP contribution in [-0.2, 0) is 22.4 Å². The molecule has 0 bridgehead atoms. The van der Waals surface area contributed by atoms with E-state index in [0.29, 0.717) is 12.0 Å². The number of carbonyl (C=O) groups is 2. The molecule has 0 amide bonds. The molecule has 0 aliphatic heterocycles. The number of benzene rings is 2. The first-order chi connectivity index (χ1) is 10.9. The minimum absolute atomic E-state index is 0.0509. The monoisotopic (exact) mass is 314 g/mol. The van der Waals surface area contributed by atoms with Crippen LogP contribution in [0.15, 0.2) is 48.5 Å². The van der Waals surface area contributed by atoms with Crippen molar-refractivity contribution < 1.29 is 19.1 Å². The van der Waals surface area contributed by atoms with Crippen LogP contribution in [0.1, 0.15) is 23.1 Å². The summed E-state index contributed by atoms with van der Waals surface area (Å²) in [6, 6.07) is 13.4. The summed E-state index contributed by atoms with van der Waals surface area (Å²) < 4.78 is 13.1. The Hall–Kier alpha value is -2.49. The summed E-state index contributed by atoms with van der Waals surface area (Å²) in [6.07, 6.45) is 0.307. The molecule has 0 fully saturated rings. The third-order valence-electron chi connectivity index (χ3n) is 3.68. The molecule has 3 nitrogen and oxygen atoms in total. The smallest absolute Gasteiger partial charge is 0.307 e. The van der Waals surface area contributed by atoms with E-state index < -0.39 is 17.7 Å². The largest absolute Gasteiger partial charge is 0.481 e. The van der Waals surface area contributed by atoms with Gasteiger partial charge >= 0.3 is 5.97 Å². The van der Waals surface area contributed by atoms with Crippen molar-refractivity contribution in [3.05, 3.63) is 71.0 Å². The molecule has 2 aromatic rings. The fourth-order valence-electron chi connectivity index (χ4n) is 2.59. The van der Waals surface area contributed by atoms with Crippen LogP contribution < -0.4 is 0 Å². The lowest BCUT2D eigenvalue weighted by Crippen LogP contribution is -2.21. The highest BCUT2D eigenvalue weighted by atomic mass is 19.1. The first-order valence-corrected chi connectivity index (χ1v) is 7.48.